The Labute approximate surface area is 217 Å². The summed E-state index contributed by atoms with van der Waals surface area (Å²) < 4.78 is 7.22. The van der Waals surface area contributed by atoms with Crippen molar-refractivity contribution in [2.75, 3.05) is 18.0 Å². The van der Waals surface area contributed by atoms with Crippen molar-refractivity contribution in [1.82, 2.24) is 19.9 Å². The summed E-state index contributed by atoms with van der Waals surface area (Å²) in [6.45, 7) is 12.4. The van der Waals surface area contributed by atoms with E-state index in [2.05, 4.69) is 15.3 Å². The summed E-state index contributed by atoms with van der Waals surface area (Å²) >= 11 is 0. The summed E-state index contributed by atoms with van der Waals surface area (Å²) in [5.74, 6) is 0.843. The van der Waals surface area contributed by atoms with Crippen LogP contribution in [-0.2, 0) is 16.8 Å². The molecule has 0 atom stereocenters. The SMILES string of the molecule is Cc1cc2nc(CC(=O)c3ccc(C(C)(C)O)cc3)cc(N3CCC(NC(=O)OC(C)(C)C)CC3)n2n1. The Morgan fingerprint density at radius 3 is 2.32 bits per heavy atom. The first-order valence-electron chi connectivity index (χ1n) is 12.8. The average Bonchev–Trinajstić information content (AvgIpc) is 3.17. The number of nitrogens with zero attached hydrogens (tertiary/aromatic N) is 4. The standard InChI is InChI=1S/C28H37N5O4/c1-18-15-24-29-22(16-23(34)19-7-9-20(10-8-19)28(5,6)36)17-25(33(24)31-18)32-13-11-21(12-14-32)30-26(35)37-27(2,3)4/h7-10,15,17,21,36H,11-14,16H2,1-6H3,(H,30,35). The van der Waals surface area contributed by atoms with E-state index in [4.69, 9.17) is 9.72 Å². The number of hydrogen-bond donors (Lipinski definition) is 2. The Kier molecular flexibility index (Phi) is 7.28. The Morgan fingerprint density at radius 2 is 1.73 bits per heavy atom. The highest BCUT2D eigenvalue weighted by molar-refractivity contribution is 5.97. The molecule has 2 aromatic heterocycles. The number of ether oxygens (including phenoxy) is 1. The van der Waals surface area contributed by atoms with Crippen molar-refractivity contribution >= 4 is 23.3 Å². The quantitative estimate of drug-likeness (QED) is 0.482. The molecule has 4 rings (SSSR count). The topological polar surface area (TPSA) is 109 Å². The van der Waals surface area contributed by atoms with E-state index >= 15 is 0 Å². The van der Waals surface area contributed by atoms with Gasteiger partial charge in [0.15, 0.2) is 11.4 Å². The van der Waals surface area contributed by atoms with Crippen LogP contribution >= 0.6 is 0 Å². The number of carbonyl (C=O) groups is 2. The lowest BCUT2D eigenvalue weighted by molar-refractivity contribution is 0.0497. The van der Waals surface area contributed by atoms with Crippen molar-refractivity contribution in [3.63, 3.8) is 0 Å². The Hall–Kier alpha value is -3.46. The maximum atomic E-state index is 13.1. The molecule has 9 heteroatoms. The third kappa shape index (κ3) is 6.65. The molecular weight excluding hydrogens is 470 g/mol. The zero-order chi connectivity index (χ0) is 27.0. The summed E-state index contributed by atoms with van der Waals surface area (Å²) in [7, 11) is 0. The molecule has 0 unspecified atom stereocenters. The molecule has 1 aromatic carbocycles. The predicted molar refractivity (Wildman–Crippen MR) is 142 cm³/mol. The van der Waals surface area contributed by atoms with E-state index in [1.165, 1.54) is 0 Å². The lowest BCUT2D eigenvalue weighted by Gasteiger charge is -2.34. The van der Waals surface area contributed by atoms with Crippen LogP contribution in [0.1, 0.15) is 74.8 Å². The number of amides is 1. The number of piperidine rings is 1. The molecular formula is C28H37N5O4. The van der Waals surface area contributed by atoms with Gasteiger partial charge in [0, 0.05) is 36.8 Å². The van der Waals surface area contributed by atoms with Crippen molar-refractivity contribution in [2.45, 2.75) is 78.0 Å². The largest absolute Gasteiger partial charge is 0.444 e. The smallest absolute Gasteiger partial charge is 0.407 e. The van der Waals surface area contributed by atoms with Gasteiger partial charge in [-0.05, 0) is 59.9 Å². The lowest BCUT2D eigenvalue weighted by atomic mass is 9.96. The average molecular weight is 508 g/mol. The fraction of sp³-hybridized carbons (Fsp3) is 0.500. The molecule has 3 aromatic rings. The number of fused-ring (bicyclic) bond motifs is 1. The molecule has 1 aliphatic heterocycles. The number of aryl methyl sites for hydroxylation is 1. The number of hydrogen-bond acceptors (Lipinski definition) is 7. The second-order valence-corrected chi connectivity index (χ2v) is 11.3. The monoisotopic (exact) mass is 507 g/mol. The minimum absolute atomic E-state index is 0.0377. The highest BCUT2D eigenvalue weighted by Crippen LogP contribution is 2.24. The van der Waals surface area contributed by atoms with Crippen LogP contribution in [0.3, 0.4) is 0 Å². The number of rotatable bonds is 6. The number of benzene rings is 1. The van der Waals surface area contributed by atoms with Crippen LogP contribution < -0.4 is 10.2 Å². The van der Waals surface area contributed by atoms with E-state index in [9.17, 15) is 14.7 Å². The van der Waals surface area contributed by atoms with Crippen LogP contribution in [0.5, 0.6) is 0 Å². The number of aliphatic hydroxyl groups is 1. The molecule has 0 spiro atoms. The van der Waals surface area contributed by atoms with E-state index in [1.54, 1.807) is 38.1 Å². The van der Waals surface area contributed by atoms with Crippen molar-refractivity contribution in [3.8, 4) is 0 Å². The van der Waals surface area contributed by atoms with Crippen LogP contribution in [0.2, 0.25) is 0 Å². The lowest BCUT2D eigenvalue weighted by Crippen LogP contribution is -2.46. The zero-order valence-corrected chi connectivity index (χ0v) is 22.5. The maximum Gasteiger partial charge on any atom is 0.407 e. The fourth-order valence-electron chi connectivity index (χ4n) is 4.50. The highest BCUT2D eigenvalue weighted by Gasteiger charge is 2.26. The molecule has 0 radical (unpaired) electrons. The van der Waals surface area contributed by atoms with Gasteiger partial charge in [0.05, 0.1) is 23.4 Å². The van der Waals surface area contributed by atoms with E-state index in [-0.39, 0.29) is 18.2 Å². The molecule has 1 fully saturated rings. The molecule has 1 aliphatic rings. The molecule has 37 heavy (non-hydrogen) atoms. The molecule has 9 nitrogen and oxygen atoms in total. The van der Waals surface area contributed by atoms with E-state index in [0.717, 1.165) is 43.0 Å². The van der Waals surface area contributed by atoms with Gasteiger partial charge in [0.25, 0.3) is 0 Å². The molecule has 0 bridgehead atoms. The van der Waals surface area contributed by atoms with E-state index < -0.39 is 17.3 Å². The summed E-state index contributed by atoms with van der Waals surface area (Å²) in [6, 6.07) is 10.9. The van der Waals surface area contributed by atoms with E-state index in [0.29, 0.717) is 16.9 Å². The van der Waals surface area contributed by atoms with Crippen molar-refractivity contribution in [3.05, 3.63) is 58.9 Å². The first kappa shape index (κ1) is 26.6. The normalized spacial score (nSPS) is 15.2. The van der Waals surface area contributed by atoms with Gasteiger partial charge in [-0.3, -0.25) is 4.79 Å². The summed E-state index contributed by atoms with van der Waals surface area (Å²) in [6.07, 6.45) is 1.30. The van der Waals surface area contributed by atoms with E-state index in [1.807, 2.05) is 44.3 Å². The molecule has 3 heterocycles. The minimum Gasteiger partial charge on any atom is -0.444 e. The molecule has 1 saturated heterocycles. The van der Waals surface area contributed by atoms with Gasteiger partial charge < -0.3 is 20.1 Å². The molecule has 0 aliphatic carbocycles. The first-order valence-corrected chi connectivity index (χ1v) is 12.8. The number of nitrogens with one attached hydrogen (secondary N) is 1. The minimum atomic E-state index is -0.960. The van der Waals surface area contributed by atoms with Crippen LogP contribution in [0.4, 0.5) is 10.6 Å². The van der Waals surface area contributed by atoms with Crippen LogP contribution in [0.25, 0.3) is 5.65 Å². The van der Waals surface area contributed by atoms with Crippen LogP contribution in [0, 0.1) is 6.92 Å². The zero-order valence-electron chi connectivity index (χ0n) is 22.5. The fourth-order valence-corrected chi connectivity index (χ4v) is 4.50. The van der Waals surface area contributed by atoms with Crippen molar-refractivity contribution < 1.29 is 19.4 Å². The summed E-state index contributed by atoms with van der Waals surface area (Å²) in [5.41, 5.74) is 2.06. The van der Waals surface area contributed by atoms with Crippen molar-refractivity contribution in [1.29, 1.82) is 0 Å². The number of anilines is 1. The third-order valence-corrected chi connectivity index (χ3v) is 6.38. The summed E-state index contributed by atoms with van der Waals surface area (Å²) in [5, 5.41) is 17.8. The Bertz CT molecular complexity index is 1280. The Balaban J connectivity index is 1.49. The molecule has 198 valence electrons. The predicted octanol–water partition coefficient (Wildman–Crippen LogP) is 4.18. The number of ketones is 1. The van der Waals surface area contributed by atoms with Crippen LogP contribution in [0.15, 0.2) is 36.4 Å². The first-order chi connectivity index (χ1) is 17.3. The number of carbonyl (C=O) groups excluding carboxylic acids is 2. The third-order valence-electron chi connectivity index (χ3n) is 6.38. The number of alkyl carbamates (subject to hydrolysis) is 1. The van der Waals surface area contributed by atoms with Crippen molar-refractivity contribution in [2.24, 2.45) is 0 Å². The second kappa shape index (κ2) is 10.1. The van der Waals surface area contributed by atoms with Gasteiger partial charge in [-0.1, -0.05) is 24.3 Å². The molecule has 0 saturated carbocycles. The van der Waals surface area contributed by atoms with Crippen LogP contribution in [-0.4, -0.2) is 56.3 Å². The van der Waals surface area contributed by atoms with Gasteiger partial charge >= 0.3 is 6.09 Å². The van der Waals surface area contributed by atoms with Gasteiger partial charge in [-0.2, -0.15) is 9.61 Å². The number of aromatic nitrogens is 3. The second-order valence-electron chi connectivity index (χ2n) is 11.3. The summed E-state index contributed by atoms with van der Waals surface area (Å²) in [4.78, 5) is 32.2. The Morgan fingerprint density at radius 1 is 1.08 bits per heavy atom. The highest BCUT2D eigenvalue weighted by atomic mass is 16.6. The van der Waals surface area contributed by atoms with Gasteiger partial charge in [0.2, 0.25) is 0 Å². The van der Waals surface area contributed by atoms with Gasteiger partial charge in [-0.25, -0.2) is 9.78 Å². The molecule has 2 N–H and O–H groups in total. The number of Topliss-reactive ketones (excluding diaryl/α,β-unsaturated/α-hetero) is 1. The molecule has 1 amide bonds. The maximum absolute atomic E-state index is 13.1. The van der Waals surface area contributed by atoms with Gasteiger partial charge in [0.1, 0.15) is 11.4 Å². The van der Waals surface area contributed by atoms with Gasteiger partial charge in [-0.15, -0.1) is 0 Å².